The van der Waals surface area contributed by atoms with Crippen LogP contribution in [0, 0.1) is 20.8 Å². The molecule has 0 aliphatic heterocycles. The van der Waals surface area contributed by atoms with Crippen molar-refractivity contribution in [3.8, 4) is 5.69 Å². The minimum atomic E-state index is -0.143. The standard InChI is InChI=1S/C18H18ClN5OS/c1-11-6-4-9-16(12(11)2)24-18(21-22-23-24)26-10-17(25)20-15-8-5-7-14(19)13(15)3/h4-9H,10H2,1-3H3,(H,20,25). The number of amides is 1. The number of hydrogen-bond donors (Lipinski definition) is 1. The molecule has 3 aromatic rings. The number of nitrogens with one attached hydrogen (secondary N) is 1. The van der Waals surface area contributed by atoms with Crippen LogP contribution in [-0.4, -0.2) is 31.9 Å². The number of thioether (sulfide) groups is 1. The average Bonchev–Trinajstić information content (AvgIpc) is 3.08. The van der Waals surface area contributed by atoms with Crippen molar-refractivity contribution in [2.24, 2.45) is 0 Å². The fraction of sp³-hybridized carbons (Fsp3) is 0.222. The normalized spacial score (nSPS) is 10.8. The highest BCUT2D eigenvalue weighted by atomic mass is 35.5. The maximum atomic E-state index is 12.3. The highest BCUT2D eigenvalue weighted by Gasteiger charge is 2.14. The Labute approximate surface area is 160 Å². The molecule has 1 N–H and O–H groups in total. The maximum Gasteiger partial charge on any atom is 0.234 e. The summed E-state index contributed by atoms with van der Waals surface area (Å²) in [6, 6.07) is 11.4. The Bertz CT molecular complexity index is 957. The summed E-state index contributed by atoms with van der Waals surface area (Å²) in [4.78, 5) is 12.3. The van der Waals surface area contributed by atoms with Crippen molar-refractivity contribution in [1.29, 1.82) is 0 Å². The molecule has 0 saturated carbocycles. The molecule has 0 spiro atoms. The third-order valence-electron chi connectivity index (χ3n) is 4.12. The molecule has 134 valence electrons. The first kappa shape index (κ1) is 18.4. The first-order valence-electron chi connectivity index (χ1n) is 8.00. The summed E-state index contributed by atoms with van der Waals surface area (Å²) in [7, 11) is 0. The van der Waals surface area contributed by atoms with Gasteiger partial charge in [-0.25, -0.2) is 0 Å². The molecule has 0 atom stereocenters. The van der Waals surface area contributed by atoms with Gasteiger partial charge in [0, 0.05) is 10.7 Å². The van der Waals surface area contributed by atoms with Gasteiger partial charge in [0.25, 0.3) is 0 Å². The molecule has 0 unspecified atom stereocenters. The molecular formula is C18H18ClN5OS. The number of aryl methyl sites for hydroxylation is 1. The van der Waals surface area contributed by atoms with Crippen molar-refractivity contribution in [3.63, 3.8) is 0 Å². The molecule has 1 heterocycles. The van der Waals surface area contributed by atoms with Gasteiger partial charge in [-0.15, -0.1) is 5.10 Å². The highest BCUT2D eigenvalue weighted by molar-refractivity contribution is 7.99. The third kappa shape index (κ3) is 3.89. The number of nitrogens with zero attached hydrogens (tertiary/aromatic N) is 4. The van der Waals surface area contributed by atoms with Gasteiger partial charge < -0.3 is 5.32 Å². The van der Waals surface area contributed by atoms with Gasteiger partial charge in [-0.2, -0.15) is 4.68 Å². The first-order chi connectivity index (χ1) is 12.5. The molecule has 0 aliphatic rings. The zero-order valence-corrected chi connectivity index (χ0v) is 16.2. The maximum absolute atomic E-state index is 12.3. The second kappa shape index (κ2) is 7.88. The molecule has 6 nitrogen and oxygen atoms in total. The van der Waals surface area contributed by atoms with E-state index in [0.29, 0.717) is 15.9 Å². The van der Waals surface area contributed by atoms with E-state index in [1.165, 1.54) is 11.8 Å². The number of halogens is 1. The van der Waals surface area contributed by atoms with E-state index in [-0.39, 0.29) is 11.7 Å². The molecule has 3 rings (SSSR count). The van der Waals surface area contributed by atoms with Gasteiger partial charge in [0.15, 0.2) is 0 Å². The van der Waals surface area contributed by atoms with Crippen LogP contribution in [0.1, 0.15) is 16.7 Å². The molecule has 1 aromatic heterocycles. The fourth-order valence-corrected chi connectivity index (χ4v) is 3.30. The van der Waals surface area contributed by atoms with Crippen molar-refractivity contribution >= 4 is 35.0 Å². The van der Waals surface area contributed by atoms with Crippen LogP contribution in [0.25, 0.3) is 5.69 Å². The van der Waals surface area contributed by atoms with Crippen LogP contribution in [-0.2, 0) is 4.79 Å². The minimum Gasteiger partial charge on any atom is -0.325 e. The topological polar surface area (TPSA) is 72.7 Å². The summed E-state index contributed by atoms with van der Waals surface area (Å²) < 4.78 is 1.66. The summed E-state index contributed by atoms with van der Waals surface area (Å²) in [5.41, 5.74) is 4.71. The van der Waals surface area contributed by atoms with Crippen LogP contribution in [0.5, 0.6) is 0 Å². The molecule has 0 radical (unpaired) electrons. The monoisotopic (exact) mass is 387 g/mol. The van der Waals surface area contributed by atoms with Gasteiger partial charge in [0.2, 0.25) is 11.1 Å². The van der Waals surface area contributed by atoms with Crippen molar-refractivity contribution in [1.82, 2.24) is 20.2 Å². The molecule has 1 amide bonds. The number of carbonyl (C=O) groups is 1. The van der Waals surface area contributed by atoms with Gasteiger partial charge in [0.05, 0.1) is 11.4 Å². The van der Waals surface area contributed by atoms with E-state index >= 15 is 0 Å². The number of hydrogen-bond acceptors (Lipinski definition) is 5. The van der Waals surface area contributed by atoms with Gasteiger partial charge in [-0.1, -0.05) is 41.6 Å². The summed E-state index contributed by atoms with van der Waals surface area (Å²) >= 11 is 7.37. The van der Waals surface area contributed by atoms with Crippen LogP contribution in [0.15, 0.2) is 41.6 Å². The number of aromatic nitrogens is 4. The lowest BCUT2D eigenvalue weighted by Gasteiger charge is -2.10. The van der Waals surface area contributed by atoms with E-state index in [0.717, 1.165) is 22.4 Å². The van der Waals surface area contributed by atoms with Gasteiger partial charge in [-0.05, 0) is 66.1 Å². The zero-order valence-electron chi connectivity index (χ0n) is 14.7. The van der Waals surface area contributed by atoms with Crippen molar-refractivity contribution in [2.75, 3.05) is 11.1 Å². The molecular weight excluding hydrogens is 370 g/mol. The predicted octanol–water partition coefficient (Wildman–Crippen LogP) is 3.97. The summed E-state index contributed by atoms with van der Waals surface area (Å²) in [6.45, 7) is 5.93. The summed E-state index contributed by atoms with van der Waals surface area (Å²) in [6.07, 6.45) is 0. The smallest absolute Gasteiger partial charge is 0.234 e. The lowest BCUT2D eigenvalue weighted by atomic mass is 10.1. The Hall–Kier alpha value is -2.38. The van der Waals surface area contributed by atoms with Crippen LogP contribution in [0.2, 0.25) is 5.02 Å². The van der Waals surface area contributed by atoms with E-state index in [2.05, 4.69) is 20.8 Å². The lowest BCUT2D eigenvalue weighted by Crippen LogP contribution is -2.15. The Balaban J connectivity index is 1.71. The Morgan fingerprint density at radius 2 is 1.92 bits per heavy atom. The second-order valence-corrected chi connectivity index (χ2v) is 7.19. The molecule has 0 saturated heterocycles. The molecule has 2 aromatic carbocycles. The fourth-order valence-electron chi connectivity index (χ4n) is 2.44. The zero-order chi connectivity index (χ0) is 18.7. The molecule has 0 bridgehead atoms. The number of tetrazole rings is 1. The number of rotatable bonds is 5. The van der Waals surface area contributed by atoms with E-state index < -0.39 is 0 Å². The van der Waals surface area contributed by atoms with E-state index in [9.17, 15) is 4.79 Å². The van der Waals surface area contributed by atoms with Crippen LogP contribution in [0.4, 0.5) is 5.69 Å². The first-order valence-corrected chi connectivity index (χ1v) is 9.36. The number of anilines is 1. The Kier molecular flexibility index (Phi) is 5.58. The van der Waals surface area contributed by atoms with Gasteiger partial charge in [-0.3, -0.25) is 4.79 Å². The molecule has 26 heavy (non-hydrogen) atoms. The largest absolute Gasteiger partial charge is 0.325 e. The highest BCUT2D eigenvalue weighted by Crippen LogP contribution is 2.25. The van der Waals surface area contributed by atoms with E-state index in [4.69, 9.17) is 11.6 Å². The lowest BCUT2D eigenvalue weighted by molar-refractivity contribution is -0.113. The van der Waals surface area contributed by atoms with E-state index in [1.807, 2.05) is 45.0 Å². The van der Waals surface area contributed by atoms with Crippen molar-refractivity contribution in [3.05, 3.63) is 58.1 Å². The summed E-state index contributed by atoms with van der Waals surface area (Å²) in [5, 5.41) is 15.9. The molecule has 8 heteroatoms. The van der Waals surface area contributed by atoms with Crippen molar-refractivity contribution < 1.29 is 4.79 Å². The average molecular weight is 388 g/mol. The quantitative estimate of drug-likeness (QED) is 0.670. The minimum absolute atomic E-state index is 0.143. The van der Waals surface area contributed by atoms with Gasteiger partial charge >= 0.3 is 0 Å². The second-order valence-electron chi connectivity index (χ2n) is 5.84. The van der Waals surface area contributed by atoms with Crippen LogP contribution in [0.3, 0.4) is 0 Å². The van der Waals surface area contributed by atoms with Gasteiger partial charge in [0.1, 0.15) is 0 Å². The predicted molar refractivity (Wildman–Crippen MR) is 104 cm³/mol. The van der Waals surface area contributed by atoms with Crippen molar-refractivity contribution in [2.45, 2.75) is 25.9 Å². The number of benzene rings is 2. The summed E-state index contributed by atoms with van der Waals surface area (Å²) in [5.74, 6) is 0.0490. The third-order valence-corrected chi connectivity index (χ3v) is 5.45. The number of carbonyl (C=O) groups excluding carboxylic acids is 1. The van der Waals surface area contributed by atoms with Crippen LogP contribution < -0.4 is 5.32 Å². The Morgan fingerprint density at radius 1 is 1.15 bits per heavy atom. The Morgan fingerprint density at radius 3 is 2.73 bits per heavy atom. The SMILES string of the molecule is Cc1cccc(-n2nnnc2SCC(=O)Nc2cccc(Cl)c2C)c1C. The molecule has 0 aliphatic carbocycles. The van der Waals surface area contributed by atoms with E-state index in [1.54, 1.807) is 16.8 Å². The molecule has 0 fully saturated rings. The van der Waals surface area contributed by atoms with Crippen LogP contribution >= 0.6 is 23.4 Å².